The Morgan fingerprint density at radius 1 is 1.29 bits per heavy atom. The first-order chi connectivity index (χ1) is 13.0. The van der Waals surface area contributed by atoms with Crippen LogP contribution in [0.3, 0.4) is 0 Å². The summed E-state index contributed by atoms with van der Waals surface area (Å²) in [6, 6.07) is 3.69. The quantitative estimate of drug-likeness (QED) is 0.523. The third kappa shape index (κ3) is 5.41. The van der Waals surface area contributed by atoms with Crippen molar-refractivity contribution in [3.63, 3.8) is 0 Å². The normalized spacial score (nSPS) is 20.8. The molecule has 1 heterocycles. The fraction of sp³-hybridized carbons (Fsp3) is 0.611. The van der Waals surface area contributed by atoms with E-state index >= 15 is 0 Å². The topological polar surface area (TPSA) is 122 Å². The van der Waals surface area contributed by atoms with Gasteiger partial charge in [-0.25, -0.2) is 8.42 Å². The van der Waals surface area contributed by atoms with Crippen LogP contribution in [-0.2, 0) is 14.8 Å². The molecule has 0 bridgehead atoms. The molecular formula is C18H28N4O5S. The molecule has 0 aliphatic carbocycles. The molecule has 1 fully saturated rings. The summed E-state index contributed by atoms with van der Waals surface area (Å²) in [7, 11) is -3.83. The van der Waals surface area contributed by atoms with Crippen LogP contribution in [0.4, 0.5) is 11.4 Å². The van der Waals surface area contributed by atoms with Gasteiger partial charge in [0, 0.05) is 25.2 Å². The predicted octanol–water partition coefficient (Wildman–Crippen LogP) is 2.20. The molecule has 1 aliphatic heterocycles. The van der Waals surface area contributed by atoms with Gasteiger partial charge < -0.3 is 10.6 Å². The number of sulfonamides is 1. The smallest absolute Gasteiger partial charge is 0.293 e. The first-order valence-corrected chi connectivity index (χ1v) is 10.8. The van der Waals surface area contributed by atoms with Crippen LogP contribution in [0, 0.1) is 22.0 Å². The van der Waals surface area contributed by atoms with Crippen molar-refractivity contribution in [3.05, 3.63) is 28.3 Å². The van der Waals surface area contributed by atoms with Gasteiger partial charge in [0.1, 0.15) is 5.69 Å². The molecule has 1 aromatic rings. The largest absolute Gasteiger partial charge is 0.371 e. The Hall–Kier alpha value is -2.20. The number of amides is 1. The molecule has 28 heavy (non-hydrogen) atoms. The fourth-order valence-electron chi connectivity index (χ4n) is 3.47. The van der Waals surface area contributed by atoms with Gasteiger partial charge in [-0.05, 0) is 44.2 Å². The summed E-state index contributed by atoms with van der Waals surface area (Å²) in [4.78, 5) is 22.5. The molecule has 1 amide bonds. The zero-order chi connectivity index (χ0) is 21.1. The first kappa shape index (κ1) is 22.1. The van der Waals surface area contributed by atoms with Crippen LogP contribution in [0.25, 0.3) is 0 Å². The number of benzene rings is 1. The monoisotopic (exact) mass is 412 g/mol. The Labute approximate surface area is 165 Å². The van der Waals surface area contributed by atoms with E-state index < -0.39 is 14.9 Å². The number of carbonyl (C=O) groups excluding carboxylic acids is 1. The standard InChI is InChI=1S/C18H28N4O5S/c1-12(2)20-18(23)9-19-16-6-5-15(8-17(16)22(24)25)28(26,27)21-10-13(3)7-14(4)11-21/h5-6,8,12-14,19H,7,9-11H2,1-4H3,(H,20,23)/t13-,14-/m1/s1. The number of piperidine rings is 1. The Morgan fingerprint density at radius 3 is 2.43 bits per heavy atom. The first-order valence-electron chi connectivity index (χ1n) is 9.32. The maximum atomic E-state index is 13.0. The summed E-state index contributed by atoms with van der Waals surface area (Å²) in [5, 5.41) is 16.8. The van der Waals surface area contributed by atoms with Crippen molar-refractivity contribution < 1.29 is 18.1 Å². The second-order valence-electron chi connectivity index (χ2n) is 7.78. The lowest BCUT2D eigenvalue weighted by atomic mass is 9.94. The molecule has 0 saturated carbocycles. The summed E-state index contributed by atoms with van der Waals surface area (Å²) in [6.45, 7) is 8.26. The minimum absolute atomic E-state index is 0.0499. The molecule has 0 spiro atoms. The van der Waals surface area contributed by atoms with E-state index in [9.17, 15) is 23.3 Å². The van der Waals surface area contributed by atoms with Gasteiger partial charge in [0.2, 0.25) is 15.9 Å². The molecule has 2 atom stereocenters. The molecule has 1 aromatic carbocycles. The van der Waals surface area contributed by atoms with Gasteiger partial charge in [-0.15, -0.1) is 0 Å². The number of hydrogen-bond donors (Lipinski definition) is 2. The van der Waals surface area contributed by atoms with E-state index in [1.807, 2.05) is 27.7 Å². The second kappa shape index (κ2) is 8.87. The van der Waals surface area contributed by atoms with E-state index in [-0.39, 0.29) is 46.6 Å². The molecule has 9 nitrogen and oxygen atoms in total. The fourth-order valence-corrected chi connectivity index (χ4v) is 5.17. The highest BCUT2D eigenvalue weighted by molar-refractivity contribution is 7.89. The number of nitro benzene ring substituents is 1. The summed E-state index contributed by atoms with van der Waals surface area (Å²) in [6.07, 6.45) is 0.952. The lowest BCUT2D eigenvalue weighted by Crippen LogP contribution is -2.42. The SMILES string of the molecule is CC(C)NC(=O)CNc1ccc(S(=O)(=O)N2C[C@H](C)C[C@@H](C)C2)cc1[N+](=O)[O-]. The Balaban J connectivity index is 2.26. The minimum atomic E-state index is -3.83. The van der Waals surface area contributed by atoms with Crippen LogP contribution in [0.1, 0.15) is 34.1 Å². The molecule has 1 aliphatic rings. The molecule has 2 rings (SSSR count). The maximum Gasteiger partial charge on any atom is 0.293 e. The molecule has 156 valence electrons. The van der Waals surface area contributed by atoms with Crippen LogP contribution < -0.4 is 10.6 Å². The summed E-state index contributed by atoms with van der Waals surface area (Å²) in [5.74, 6) is 0.153. The Kier molecular flexibility index (Phi) is 7.00. The zero-order valence-electron chi connectivity index (χ0n) is 16.6. The maximum absolute atomic E-state index is 13.0. The van der Waals surface area contributed by atoms with Crippen molar-refractivity contribution >= 4 is 27.3 Å². The van der Waals surface area contributed by atoms with Gasteiger partial charge >= 0.3 is 0 Å². The number of nitrogens with one attached hydrogen (secondary N) is 2. The summed E-state index contributed by atoms with van der Waals surface area (Å²) < 4.78 is 27.3. The zero-order valence-corrected chi connectivity index (χ0v) is 17.5. The number of rotatable bonds is 7. The minimum Gasteiger partial charge on any atom is -0.371 e. The van der Waals surface area contributed by atoms with Gasteiger partial charge in [-0.2, -0.15) is 4.31 Å². The number of nitrogens with zero attached hydrogens (tertiary/aromatic N) is 2. The number of hydrogen-bond acceptors (Lipinski definition) is 6. The van der Waals surface area contributed by atoms with E-state index in [2.05, 4.69) is 10.6 Å². The van der Waals surface area contributed by atoms with E-state index in [1.165, 1.54) is 16.4 Å². The number of carbonyl (C=O) groups is 1. The van der Waals surface area contributed by atoms with E-state index in [0.29, 0.717) is 13.1 Å². The molecule has 0 aromatic heterocycles. The Morgan fingerprint density at radius 2 is 1.89 bits per heavy atom. The van der Waals surface area contributed by atoms with E-state index in [0.717, 1.165) is 12.5 Å². The van der Waals surface area contributed by atoms with Crippen LogP contribution in [0.5, 0.6) is 0 Å². The molecule has 1 saturated heterocycles. The molecule has 2 N–H and O–H groups in total. The van der Waals surface area contributed by atoms with Gasteiger partial charge in [-0.3, -0.25) is 14.9 Å². The van der Waals surface area contributed by atoms with Gasteiger partial charge in [0.05, 0.1) is 16.4 Å². The van der Waals surface area contributed by atoms with Crippen molar-refractivity contribution in [1.82, 2.24) is 9.62 Å². The summed E-state index contributed by atoms with van der Waals surface area (Å²) in [5.41, 5.74) is -0.278. The third-order valence-electron chi connectivity index (χ3n) is 4.53. The molecule has 0 radical (unpaired) electrons. The van der Waals surface area contributed by atoms with Crippen molar-refractivity contribution in [2.24, 2.45) is 11.8 Å². The van der Waals surface area contributed by atoms with E-state index in [1.54, 1.807) is 0 Å². The predicted molar refractivity (Wildman–Crippen MR) is 107 cm³/mol. The van der Waals surface area contributed by atoms with Gasteiger partial charge in [0.15, 0.2) is 0 Å². The molecule has 10 heteroatoms. The van der Waals surface area contributed by atoms with Gasteiger partial charge in [0.25, 0.3) is 5.69 Å². The van der Waals surface area contributed by atoms with Crippen LogP contribution in [0.2, 0.25) is 0 Å². The number of anilines is 1. The lowest BCUT2D eigenvalue weighted by molar-refractivity contribution is -0.384. The average Bonchev–Trinajstić information content (AvgIpc) is 2.58. The van der Waals surface area contributed by atoms with Crippen molar-refractivity contribution in [2.45, 2.75) is 45.1 Å². The van der Waals surface area contributed by atoms with Gasteiger partial charge in [-0.1, -0.05) is 13.8 Å². The van der Waals surface area contributed by atoms with Crippen molar-refractivity contribution in [2.75, 3.05) is 25.0 Å². The van der Waals surface area contributed by atoms with Crippen LogP contribution in [-0.4, -0.2) is 49.2 Å². The van der Waals surface area contributed by atoms with Crippen molar-refractivity contribution in [1.29, 1.82) is 0 Å². The summed E-state index contributed by atoms with van der Waals surface area (Å²) >= 11 is 0. The van der Waals surface area contributed by atoms with Crippen LogP contribution in [0.15, 0.2) is 23.1 Å². The van der Waals surface area contributed by atoms with E-state index in [4.69, 9.17) is 0 Å². The highest BCUT2D eigenvalue weighted by Gasteiger charge is 2.33. The van der Waals surface area contributed by atoms with Crippen molar-refractivity contribution in [3.8, 4) is 0 Å². The second-order valence-corrected chi connectivity index (χ2v) is 9.72. The third-order valence-corrected chi connectivity index (χ3v) is 6.36. The molecular weight excluding hydrogens is 384 g/mol. The Bertz CT molecular complexity index is 830. The average molecular weight is 413 g/mol. The highest BCUT2D eigenvalue weighted by atomic mass is 32.2. The highest BCUT2D eigenvalue weighted by Crippen LogP contribution is 2.31. The number of nitro groups is 1. The van der Waals surface area contributed by atoms with Crippen LogP contribution >= 0.6 is 0 Å². The molecule has 0 unspecified atom stereocenters. The lowest BCUT2D eigenvalue weighted by Gasteiger charge is -2.34.